The Hall–Kier alpha value is -3.85. The molecule has 0 aliphatic rings. The normalized spacial score (nSPS) is 11.0. The summed E-state index contributed by atoms with van der Waals surface area (Å²) in [6.45, 7) is 5.60. The van der Waals surface area contributed by atoms with Crippen LogP contribution in [0.15, 0.2) is 48.7 Å². The molecule has 0 spiro atoms. The van der Waals surface area contributed by atoms with Crippen LogP contribution in [-0.2, 0) is 17.8 Å². The topological polar surface area (TPSA) is 98.8 Å². The number of halogens is 2. The van der Waals surface area contributed by atoms with E-state index < -0.39 is 17.6 Å². The van der Waals surface area contributed by atoms with E-state index >= 15 is 0 Å². The molecule has 1 aromatic heterocycles. The lowest BCUT2D eigenvalue weighted by Crippen LogP contribution is -2.32. The summed E-state index contributed by atoms with van der Waals surface area (Å²) in [6, 6.07) is 11.8. The van der Waals surface area contributed by atoms with Crippen molar-refractivity contribution in [1.29, 1.82) is 0 Å². The SMILES string of the molecule is COc1cc(CNC(=O)c2cc(CNC(=O)OC(C)(C)C)cc(-c3cnc(F)c(Cl)c3)c2)cc(OC)c1. The van der Waals surface area contributed by atoms with Gasteiger partial charge in [0.15, 0.2) is 0 Å². The molecular formula is C27H29ClFN3O5. The molecule has 0 unspecified atom stereocenters. The molecule has 0 aliphatic heterocycles. The number of ether oxygens (including phenoxy) is 3. The Bertz CT molecular complexity index is 1270. The monoisotopic (exact) mass is 529 g/mol. The number of amides is 2. The molecule has 3 rings (SSSR count). The number of nitrogens with zero attached hydrogens (tertiary/aromatic N) is 1. The first-order chi connectivity index (χ1) is 17.5. The quantitative estimate of drug-likeness (QED) is 0.373. The second kappa shape index (κ2) is 11.9. The van der Waals surface area contributed by atoms with Gasteiger partial charge in [-0.25, -0.2) is 9.78 Å². The molecule has 0 aliphatic carbocycles. The summed E-state index contributed by atoms with van der Waals surface area (Å²) in [7, 11) is 3.10. The van der Waals surface area contributed by atoms with Crippen LogP contribution in [0, 0.1) is 5.95 Å². The molecule has 0 saturated carbocycles. The van der Waals surface area contributed by atoms with Gasteiger partial charge in [-0.1, -0.05) is 11.6 Å². The number of nitrogens with one attached hydrogen (secondary N) is 2. The number of hydrogen-bond donors (Lipinski definition) is 2. The number of alkyl carbamates (subject to hydrolysis) is 1. The van der Waals surface area contributed by atoms with E-state index in [-0.39, 0.29) is 24.0 Å². The summed E-state index contributed by atoms with van der Waals surface area (Å²) < 4.78 is 29.5. The average molecular weight is 530 g/mol. The maximum absolute atomic E-state index is 13.6. The standard InChI is InChI=1S/C27H29ClFN3O5/c1-27(2,3)37-26(34)32-14-16-6-18(20-11-23(28)24(29)30-15-20)10-19(7-16)25(33)31-13-17-8-21(35-4)12-22(9-17)36-5/h6-12,15H,13-14H2,1-5H3,(H,31,33)(H,32,34). The fraction of sp³-hybridized carbons (Fsp3) is 0.296. The molecule has 2 aromatic carbocycles. The maximum Gasteiger partial charge on any atom is 0.407 e. The lowest BCUT2D eigenvalue weighted by Gasteiger charge is -2.20. The van der Waals surface area contributed by atoms with Gasteiger partial charge in [-0.2, -0.15) is 4.39 Å². The molecule has 0 atom stereocenters. The molecular weight excluding hydrogens is 501 g/mol. The highest BCUT2D eigenvalue weighted by Crippen LogP contribution is 2.26. The lowest BCUT2D eigenvalue weighted by atomic mass is 10.00. The van der Waals surface area contributed by atoms with Gasteiger partial charge in [0.1, 0.15) is 17.1 Å². The molecule has 196 valence electrons. The fourth-order valence-corrected chi connectivity index (χ4v) is 3.58. The van der Waals surface area contributed by atoms with Crippen molar-refractivity contribution in [1.82, 2.24) is 15.6 Å². The minimum Gasteiger partial charge on any atom is -0.497 e. The summed E-state index contributed by atoms with van der Waals surface area (Å²) in [4.78, 5) is 28.9. The maximum atomic E-state index is 13.6. The molecule has 0 bridgehead atoms. The van der Waals surface area contributed by atoms with Crippen LogP contribution < -0.4 is 20.1 Å². The fourth-order valence-electron chi connectivity index (χ4n) is 3.41. The zero-order valence-corrected chi connectivity index (χ0v) is 22.0. The largest absolute Gasteiger partial charge is 0.497 e. The van der Waals surface area contributed by atoms with Gasteiger partial charge in [-0.15, -0.1) is 0 Å². The summed E-state index contributed by atoms with van der Waals surface area (Å²) in [6.07, 6.45) is 0.730. The van der Waals surface area contributed by atoms with Gasteiger partial charge in [-0.3, -0.25) is 4.79 Å². The van der Waals surface area contributed by atoms with Crippen molar-refractivity contribution in [2.45, 2.75) is 39.5 Å². The van der Waals surface area contributed by atoms with Crippen LogP contribution in [-0.4, -0.2) is 36.8 Å². The van der Waals surface area contributed by atoms with Crippen LogP contribution in [0.4, 0.5) is 9.18 Å². The van der Waals surface area contributed by atoms with Crippen molar-refractivity contribution in [2.24, 2.45) is 0 Å². The van der Waals surface area contributed by atoms with Gasteiger partial charge in [-0.05, 0) is 73.9 Å². The highest BCUT2D eigenvalue weighted by molar-refractivity contribution is 6.30. The lowest BCUT2D eigenvalue weighted by molar-refractivity contribution is 0.0523. The van der Waals surface area contributed by atoms with Crippen molar-refractivity contribution in [3.05, 3.63) is 76.3 Å². The predicted octanol–water partition coefficient (Wildman–Crippen LogP) is 5.51. The smallest absolute Gasteiger partial charge is 0.407 e. The Labute approximate surface area is 220 Å². The Morgan fingerprint density at radius 2 is 1.51 bits per heavy atom. The highest BCUT2D eigenvalue weighted by Gasteiger charge is 2.17. The van der Waals surface area contributed by atoms with Crippen molar-refractivity contribution in [2.75, 3.05) is 14.2 Å². The number of aromatic nitrogens is 1. The molecule has 37 heavy (non-hydrogen) atoms. The number of rotatable bonds is 8. The van der Waals surface area contributed by atoms with Gasteiger partial charge in [0.2, 0.25) is 5.95 Å². The minimum absolute atomic E-state index is 0.0957. The average Bonchev–Trinajstić information content (AvgIpc) is 2.86. The Kier molecular flexibility index (Phi) is 8.94. The van der Waals surface area contributed by atoms with Gasteiger partial charge < -0.3 is 24.8 Å². The third-order valence-electron chi connectivity index (χ3n) is 5.08. The van der Waals surface area contributed by atoms with Crippen molar-refractivity contribution < 1.29 is 28.2 Å². The van der Waals surface area contributed by atoms with Crippen LogP contribution >= 0.6 is 11.6 Å². The van der Waals surface area contributed by atoms with Crippen molar-refractivity contribution in [3.63, 3.8) is 0 Å². The number of pyridine rings is 1. The van der Waals surface area contributed by atoms with Crippen LogP contribution in [0.5, 0.6) is 11.5 Å². The van der Waals surface area contributed by atoms with Crippen LogP contribution in [0.1, 0.15) is 42.3 Å². The van der Waals surface area contributed by atoms with Gasteiger partial charge >= 0.3 is 6.09 Å². The van der Waals surface area contributed by atoms with E-state index in [1.165, 1.54) is 12.3 Å². The third-order valence-corrected chi connectivity index (χ3v) is 5.35. The van der Waals surface area contributed by atoms with Crippen LogP contribution in [0.2, 0.25) is 5.02 Å². The van der Waals surface area contributed by atoms with Crippen molar-refractivity contribution >= 4 is 23.6 Å². The van der Waals surface area contributed by atoms with E-state index in [4.69, 9.17) is 25.8 Å². The van der Waals surface area contributed by atoms with Crippen LogP contribution in [0.25, 0.3) is 11.1 Å². The van der Waals surface area contributed by atoms with Gasteiger partial charge in [0.05, 0.1) is 19.2 Å². The molecule has 0 saturated heterocycles. The second-order valence-corrected chi connectivity index (χ2v) is 9.58. The molecule has 3 aromatic rings. The van der Waals surface area contributed by atoms with Gasteiger partial charge in [0, 0.05) is 36.5 Å². The molecule has 0 radical (unpaired) electrons. The van der Waals surface area contributed by atoms with Crippen molar-refractivity contribution in [3.8, 4) is 22.6 Å². The second-order valence-electron chi connectivity index (χ2n) is 9.17. The molecule has 8 nitrogen and oxygen atoms in total. The van der Waals surface area contributed by atoms with Crippen LogP contribution in [0.3, 0.4) is 0 Å². The predicted molar refractivity (Wildman–Crippen MR) is 138 cm³/mol. The minimum atomic E-state index is -0.792. The van der Waals surface area contributed by atoms with E-state index in [1.807, 2.05) is 0 Å². The zero-order valence-electron chi connectivity index (χ0n) is 21.3. The van der Waals surface area contributed by atoms with E-state index in [1.54, 1.807) is 71.4 Å². The first-order valence-corrected chi connectivity index (χ1v) is 11.8. The first-order valence-electron chi connectivity index (χ1n) is 11.4. The summed E-state index contributed by atoms with van der Waals surface area (Å²) in [5.41, 5.74) is 2.16. The number of carbonyl (C=O) groups excluding carboxylic acids is 2. The van der Waals surface area contributed by atoms with E-state index in [2.05, 4.69) is 15.6 Å². The summed E-state index contributed by atoms with van der Waals surface area (Å²) in [5, 5.41) is 5.41. The third kappa shape index (κ3) is 8.08. The zero-order chi connectivity index (χ0) is 27.2. The number of benzene rings is 2. The molecule has 2 amide bonds. The van der Waals surface area contributed by atoms with E-state index in [0.29, 0.717) is 33.8 Å². The summed E-state index contributed by atoms with van der Waals surface area (Å²) >= 11 is 5.93. The number of methoxy groups -OCH3 is 2. The molecule has 10 heteroatoms. The highest BCUT2D eigenvalue weighted by atomic mass is 35.5. The number of carbonyl (C=O) groups is 2. The Morgan fingerprint density at radius 3 is 2.11 bits per heavy atom. The molecule has 2 N–H and O–H groups in total. The number of hydrogen-bond acceptors (Lipinski definition) is 6. The molecule has 1 heterocycles. The molecule has 0 fully saturated rings. The Morgan fingerprint density at radius 1 is 0.892 bits per heavy atom. The first kappa shape index (κ1) is 27.7. The van der Waals surface area contributed by atoms with E-state index in [9.17, 15) is 14.0 Å². The van der Waals surface area contributed by atoms with E-state index in [0.717, 1.165) is 5.56 Å². The van der Waals surface area contributed by atoms with Gasteiger partial charge in [0.25, 0.3) is 5.91 Å². The summed E-state index contributed by atoms with van der Waals surface area (Å²) in [5.74, 6) is 0.0479. The Balaban J connectivity index is 1.87.